The Morgan fingerprint density at radius 2 is 2.24 bits per heavy atom. The van der Waals surface area contributed by atoms with Crippen LogP contribution in [0.15, 0.2) is 12.4 Å². The van der Waals surface area contributed by atoms with Gasteiger partial charge in [-0.3, -0.25) is 4.90 Å². The van der Waals surface area contributed by atoms with Gasteiger partial charge in [-0.15, -0.1) is 0 Å². The summed E-state index contributed by atoms with van der Waals surface area (Å²) in [5, 5.41) is 3.28. The summed E-state index contributed by atoms with van der Waals surface area (Å²) in [6, 6.07) is 0. The minimum atomic E-state index is 0.000741. The molecule has 1 aromatic heterocycles. The van der Waals surface area contributed by atoms with Crippen LogP contribution in [0.3, 0.4) is 0 Å². The molecule has 1 aliphatic heterocycles. The van der Waals surface area contributed by atoms with E-state index in [-0.39, 0.29) is 6.10 Å². The van der Waals surface area contributed by atoms with Crippen molar-refractivity contribution in [2.24, 2.45) is 0 Å². The first-order chi connectivity index (χ1) is 10.3. The van der Waals surface area contributed by atoms with Gasteiger partial charge in [0, 0.05) is 51.2 Å². The van der Waals surface area contributed by atoms with E-state index >= 15 is 0 Å². The van der Waals surface area contributed by atoms with Gasteiger partial charge in [-0.25, -0.2) is 9.97 Å². The Labute approximate surface area is 126 Å². The molecular weight excluding hydrogens is 268 g/mol. The topological polar surface area (TPSA) is 59.5 Å². The van der Waals surface area contributed by atoms with Gasteiger partial charge in [0.05, 0.1) is 13.2 Å². The molecule has 0 aromatic carbocycles. The van der Waals surface area contributed by atoms with E-state index in [1.165, 1.54) is 6.42 Å². The average Bonchev–Trinajstić information content (AvgIpc) is 2.53. The van der Waals surface area contributed by atoms with Gasteiger partial charge in [-0.2, -0.15) is 0 Å². The molecule has 21 heavy (non-hydrogen) atoms. The van der Waals surface area contributed by atoms with Gasteiger partial charge in [0.2, 0.25) is 0 Å². The summed E-state index contributed by atoms with van der Waals surface area (Å²) in [5.74, 6) is 0.788. The van der Waals surface area contributed by atoms with Crippen molar-refractivity contribution in [2.45, 2.75) is 26.0 Å². The molecule has 0 spiro atoms. The molecule has 1 fully saturated rings. The van der Waals surface area contributed by atoms with Crippen LogP contribution in [-0.4, -0.2) is 61.4 Å². The zero-order chi connectivity index (χ0) is 14.9. The van der Waals surface area contributed by atoms with Crippen LogP contribution < -0.4 is 5.32 Å². The smallest absolute Gasteiger partial charge is 0.158 e. The molecule has 2 rings (SSSR count). The van der Waals surface area contributed by atoms with E-state index < -0.39 is 0 Å². The van der Waals surface area contributed by atoms with E-state index in [1.807, 2.05) is 12.4 Å². The van der Waals surface area contributed by atoms with Gasteiger partial charge in [-0.05, 0) is 13.0 Å². The van der Waals surface area contributed by atoms with Gasteiger partial charge in [0.1, 0.15) is 6.10 Å². The molecule has 118 valence electrons. The lowest BCUT2D eigenvalue weighted by atomic mass is 10.2. The standard InChI is InChI=1S/C15H26N4O2/c1-3-5-19-6-8-21-14(12-19)15-17-10-13(11-18-15)9-16-4-7-20-2/h10-11,14,16H,3-9,12H2,1-2H3. The average molecular weight is 294 g/mol. The third-order valence-electron chi connectivity index (χ3n) is 3.52. The van der Waals surface area contributed by atoms with Gasteiger partial charge in [0.25, 0.3) is 0 Å². The first-order valence-electron chi connectivity index (χ1n) is 7.68. The van der Waals surface area contributed by atoms with Crippen LogP contribution in [0, 0.1) is 0 Å². The lowest BCUT2D eigenvalue weighted by molar-refractivity contribution is -0.0342. The fourth-order valence-corrected chi connectivity index (χ4v) is 2.41. The van der Waals surface area contributed by atoms with E-state index in [0.29, 0.717) is 6.61 Å². The van der Waals surface area contributed by atoms with Crippen molar-refractivity contribution >= 4 is 0 Å². The Morgan fingerprint density at radius 1 is 1.43 bits per heavy atom. The molecule has 0 aliphatic carbocycles. The Bertz CT molecular complexity index is 397. The molecule has 1 saturated heterocycles. The molecule has 6 heteroatoms. The van der Waals surface area contributed by atoms with Crippen LogP contribution in [-0.2, 0) is 16.0 Å². The minimum Gasteiger partial charge on any atom is -0.383 e. The maximum absolute atomic E-state index is 5.79. The number of nitrogens with zero attached hydrogens (tertiary/aromatic N) is 3. The second-order valence-electron chi connectivity index (χ2n) is 5.28. The van der Waals surface area contributed by atoms with E-state index in [2.05, 4.69) is 27.1 Å². The van der Waals surface area contributed by atoms with Crippen LogP contribution in [0.25, 0.3) is 0 Å². The van der Waals surface area contributed by atoms with Crippen LogP contribution in [0.1, 0.15) is 30.8 Å². The van der Waals surface area contributed by atoms with Gasteiger partial charge >= 0.3 is 0 Å². The SMILES string of the molecule is CCCN1CCOC(c2ncc(CNCCOC)cn2)C1. The minimum absolute atomic E-state index is 0.000741. The quantitative estimate of drug-likeness (QED) is 0.722. The molecule has 1 atom stereocenters. The third kappa shape index (κ3) is 5.32. The molecule has 0 bridgehead atoms. The van der Waals surface area contributed by atoms with Crippen molar-refractivity contribution in [3.8, 4) is 0 Å². The highest BCUT2D eigenvalue weighted by molar-refractivity contribution is 5.06. The van der Waals surface area contributed by atoms with Gasteiger partial charge in [-0.1, -0.05) is 6.92 Å². The van der Waals surface area contributed by atoms with Crippen LogP contribution in [0.2, 0.25) is 0 Å². The first kappa shape index (κ1) is 16.3. The zero-order valence-electron chi connectivity index (χ0n) is 13.0. The Morgan fingerprint density at radius 3 is 2.95 bits per heavy atom. The van der Waals surface area contributed by atoms with Crippen molar-refractivity contribution in [3.05, 3.63) is 23.8 Å². The zero-order valence-corrected chi connectivity index (χ0v) is 13.0. The van der Waals surface area contributed by atoms with E-state index in [4.69, 9.17) is 9.47 Å². The predicted molar refractivity (Wildman–Crippen MR) is 81.0 cm³/mol. The second-order valence-corrected chi connectivity index (χ2v) is 5.28. The van der Waals surface area contributed by atoms with Crippen molar-refractivity contribution in [3.63, 3.8) is 0 Å². The number of hydrogen-bond acceptors (Lipinski definition) is 6. The highest BCUT2D eigenvalue weighted by Crippen LogP contribution is 2.18. The Balaban J connectivity index is 1.83. The maximum Gasteiger partial charge on any atom is 0.158 e. The second kappa shape index (κ2) is 9.04. The summed E-state index contributed by atoms with van der Waals surface area (Å²) in [4.78, 5) is 11.3. The maximum atomic E-state index is 5.79. The van der Waals surface area contributed by atoms with E-state index in [0.717, 1.165) is 50.7 Å². The Hall–Kier alpha value is -1.08. The summed E-state index contributed by atoms with van der Waals surface area (Å²) < 4.78 is 10.8. The van der Waals surface area contributed by atoms with E-state index in [9.17, 15) is 0 Å². The first-order valence-corrected chi connectivity index (χ1v) is 7.68. The molecule has 6 nitrogen and oxygen atoms in total. The summed E-state index contributed by atoms with van der Waals surface area (Å²) in [7, 11) is 1.70. The number of nitrogens with one attached hydrogen (secondary N) is 1. The highest BCUT2D eigenvalue weighted by Gasteiger charge is 2.23. The molecule has 1 unspecified atom stereocenters. The summed E-state index contributed by atoms with van der Waals surface area (Å²) >= 11 is 0. The molecule has 1 N–H and O–H groups in total. The lowest BCUT2D eigenvalue weighted by Gasteiger charge is -2.31. The van der Waals surface area contributed by atoms with Crippen LogP contribution in [0.5, 0.6) is 0 Å². The largest absolute Gasteiger partial charge is 0.383 e. The Kier molecular flexibility index (Phi) is 7.02. The normalized spacial score (nSPS) is 19.8. The highest BCUT2D eigenvalue weighted by atomic mass is 16.5. The number of methoxy groups -OCH3 is 1. The van der Waals surface area contributed by atoms with Crippen LogP contribution in [0.4, 0.5) is 0 Å². The summed E-state index contributed by atoms with van der Waals surface area (Å²) in [6.45, 7) is 8.27. The number of rotatable bonds is 8. The fraction of sp³-hybridized carbons (Fsp3) is 0.733. The number of morpholine rings is 1. The molecule has 0 saturated carbocycles. The molecule has 0 amide bonds. The van der Waals surface area contributed by atoms with Crippen molar-refractivity contribution in [2.75, 3.05) is 46.5 Å². The van der Waals surface area contributed by atoms with Crippen molar-refractivity contribution in [1.29, 1.82) is 0 Å². The third-order valence-corrected chi connectivity index (χ3v) is 3.52. The molecular formula is C15H26N4O2. The summed E-state index contributed by atoms with van der Waals surface area (Å²) in [5.41, 5.74) is 1.08. The number of aromatic nitrogens is 2. The van der Waals surface area contributed by atoms with Crippen molar-refractivity contribution in [1.82, 2.24) is 20.2 Å². The molecule has 2 heterocycles. The van der Waals surface area contributed by atoms with E-state index in [1.54, 1.807) is 7.11 Å². The summed E-state index contributed by atoms with van der Waals surface area (Å²) in [6.07, 6.45) is 4.93. The molecule has 0 radical (unpaired) electrons. The van der Waals surface area contributed by atoms with Crippen LogP contribution >= 0.6 is 0 Å². The lowest BCUT2D eigenvalue weighted by Crippen LogP contribution is -2.39. The molecule has 1 aliphatic rings. The number of hydrogen-bond donors (Lipinski definition) is 1. The van der Waals surface area contributed by atoms with Gasteiger partial charge < -0.3 is 14.8 Å². The van der Waals surface area contributed by atoms with Crippen molar-refractivity contribution < 1.29 is 9.47 Å². The predicted octanol–water partition coefficient (Wildman–Crippen LogP) is 0.996. The monoisotopic (exact) mass is 294 g/mol. The van der Waals surface area contributed by atoms with Gasteiger partial charge in [0.15, 0.2) is 5.82 Å². The number of ether oxygens (including phenoxy) is 2. The fourth-order valence-electron chi connectivity index (χ4n) is 2.41. The molecule has 1 aromatic rings.